The van der Waals surface area contributed by atoms with Gasteiger partial charge >= 0.3 is 0 Å². The van der Waals surface area contributed by atoms with Gasteiger partial charge in [-0.25, -0.2) is 19.3 Å². The summed E-state index contributed by atoms with van der Waals surface area (Å²) in [5, 5.41) is 1.74. The highest BCUT2D eigenvalue weighted by Crippen LogP contribution is 2.39. The lowest BCUT2D eigenvalue weighted by atomic mass is 9.97. The largest absolute Gasteiger partial charge is 0.480 e. The van der Waals surface area contributed by atoms with Crippen molar-refractivity contribution in [2.45, 2.75) is 38.1 Å². The van der Waals surface area contributed by atoms with E-state index in [1.54, 1.807) is 13.4 Å². The predicted molar refractivity (Wildman–Crippen MR) is 115 cm³/mol. The second-order valence-corrected chi connectivity index (χ2v) is 8.10. The number of rotatable bonds is 5. The summed E-state index contributed by atoms with van der Waals surface area (Å²) in [6.07, 6.45) is 9.27. The highest BCUT2D eigenvalue weighted by Gasteiger charge is 2.27. The van der Waals surface area contributed by atoms with E-state index in [4.69, 9.17) is 10.5 Å². The van der Waals surface area contributed by atoms with E-state index in [1.807, 2.05) is 18.2 Å². The van der Waals surface area contributed by atoms with E-state index in [-0.39, 0.29) is 5.82 Å². The SMILES string of the molecule is COc1ncnc2c1ccn2C1CCC(CCc2ccc3cc(F)c(N)nc3c2)C1. The number of hydrogen-bond acceptors (Lipinski definition) is 5. The van der Waals surface area contributed by atoms with Crippen LogP contribution in [0.1, 0.15) is 37.3 Å². The molecular formula is C23H24FN5O. The van der Waals surface area contributed by atoms with Crippen LogP contribution in [0.15, 0.2) is 42.9 Å². The first-order valence-electron chi connectivity index (χ1n) is 10.3. The Morgan fingerprint density at radius 3 is 2.97 bits per heavy atom. The Morgan fingerprint density at radius 2 is 2.10 bits per heavy atom. The van der Waals surface area contributed by atoms with Gasteiger partial charge in [0.2, 0.25) is 5.88 Å². The number of ether oxygens (including phenoxy) is 1. The van der Waals surface area contributed by atoms with E-state index in [0.717, 1.165) is 47.6 Å². The van der Waals surface area contributed by atoms with Crippen molar-refractivity contribution >= 4 is 27.8 Å². The number of halogens is 1. The molecule has 0 radical (unpaired) electrons. The van der Waals surface area contributed by atoms with Crippen LogP contribution in [0.5, 0.6) is 5.88 Å². The first kappa shape index (κ1) is 18.8. The minimum Gasteiger partial charge on any atom is -0.480 e. The number of nitrogen functional groups attached to an aromatic ring is 1. The molecule has 0 saturated heterocycles. The summed E-state index contributed by atoms with van der Waals surface area (Å²) in [6, 6.07) is 9.96. The molecule has 6 nitrogen and oxygen atoms in total. The fourth-order valence-electron chi connectivity index (χ4n) is 4.70. The van der Waals surface area contributed by atoms with Gasteiger partial charge in [0.05, 0.1) is 18.0 Å². The normalized spacial score (nSPS) is 19.0. The molecule has 1 aromatic carbocycles. The first-order chi connectivity index (χ1) is 14.6. The van der Waals surface area contributed by atoms with Crippen LogP contribution in [-0.4, -0.2) is 26.6 Å². The number of methoxy groups -OCH3 is 1. The molecule has 30 heavy (non-hydrogen) atoms. The smallest absolute Gasteiger partial charge is 0.225 e. The molecule has 1 aliphatic carbocycles. The lowest BCUT2D eigenvalue weighted by Gasteiger charge is -2.14. The van der Waals surface area contributed by atoms with Gasteiger partial charge in [0.15, 0.2) is 11.6 Å². The lowest BCUT2D eigenvalue weighted by molar-refractivity contribution is 0.402. The summed E-state index contributed by atoms with van der Waals surface area (Å²) in [5.41, 5.74) is 8.54. The van der Waals surface area contributed by atoms with Crippen LogP contribution in [0.25, 0.3) is 21.9 Å². The van der Waals surface area contributed by atoms with E-state index in [0.29, 0.717) is 17.8 Å². The van der Waals surface area contributed by atoms with E-state index in [9.17, 15) is 4.39 Å². The molecule has 0 spiro atoms. The van der Waals surface area contributed by atoms with Crippen LogP contribution < -0.4 is 10.5 Å². The molecule has 1 aliphatic rings. The fourth-order valence-corrected chi connectivity index (χ4v) is 4.70. The van der Waals surface area contributed by atoms with Crippen molar-refractivity contribution < 1.29 is 9.13 Å². The zero-order valence-electron chi connectivity index (χ0n) is 16.9. The first-order valence-corrected chi connectivity index (χ1v) is 10.3. The van der Waals surface area contributed by atoms with Gasteiger partial charge in [0.1, 0.15) is 12.0 Å². The minimum atomic E-state index is -0.465. The maximum atomic E-state index is 13.6. The van der Waals surface area contributed by atoms with Crippen LogP contribution in [-0.2, 0) is 6.42 Å². The molecule has 0 aliphatic heterocycles. The molecule has 7 heteroatoms. The molecule has 1 fully saturated rings. The maximum absolute atomic E-state index is 13.6. The second kappa shape index (κ2) is 7.55. The van der Waals surface area contributed by atoms with Crippen LogP contribution in [0, 0.1) is 11.7 Å². The van der Waals surface area contributed by atoms with Crippen molar-refractivity contribution in [2.24, 2.45) is 5.92 Å². The number of aryl methyl sites for hydroxylation is 1. The Hall–Kier alpha value is -3.22. The van der Waals surface area contributed by atoms with Gasteiger partial charge in [-0.1, -0.05) is 12.1 Å². The van der Waals surface area contributed by atoms with Gasteiger partial charge in [-0.05, 0) is 61.8 Å². The topological polar surface area (TPSA) is 78.9 Å². The molecule has 2 atom stereocenters. The third kappa shape index (κ3) is 3.34. The fraction of sp³-hybridized carbons (Fsp3) is 0.348. The summed E-state index contributed by atoms with van der Waals surface area (Å²) < 4.78 is 21.2. The molecule has 3 aromatic heterocycles. The number of pyridine rings is 1. The van der Waals surface area contributed by atoms with Crippen molar-refractivity contribution in [1.29, 1.82) is 0 Å². The number of nitrogens with two attached hydrogens (primary N) is 1. The third-order valence-corrected chi connectivity index (χ3v) is 6.28. The Bertz CT molecular complexity index is 1220. The molecule has 0 bridgehead atoms. The standard InChI is InChI=1S/C23H24FN5O/c1-30-23-18-8-9-29(22(18)26-13-27-23)17-7-5-14(10-17)2-3-15-4-6-16-12-19(24)21(25)28-20(16)11-15/h4,6,8-9,11-14,17H,2-3,5,7,10H2,1H3,(H2,25,28). The van der Waals surface area contributed by atoms with Crippen molar-refractivity contribution in [3.8, 4) is 5.88 Å². The summed E-state index contributed by atoms with van der Waals surface area (Å²) in [5.74, 6) is 0.780. The van der Waals surface area contributed by atoms with Gasteiger partial charge in [0.25, 0.3) is 0 Å². The summed E-state index contributed by atoms with van der Waals surface area (Å²) in [6.45, 7) is 0. The second-order valence-electron chi connectivity index (χ2n) is 8.10. The van der Waals surface area contributed by atoms with E-state index in [1.165, 1.54) is 18.1 Å². The van der Waals surface area contributed by atoms with Gasteiger partial charge in [-0.3, -0.25) is 0 Å². The Balaban J connectivity index is 1.27. The number of aromatic nitrogens is 4. The summed E-state index contributed by atoms with van der Waals surface area (Å²) in [4.78, 5) is 12.9. The zero-order chi connectivity index (χ0) is 20.7. The molecule has 2 N–H and O–H groups in total. The highest BCUT2D eigenvalue weighted by molar-refractivity contribution is 5.81. The van der Waals surface area contributed by atoms with Crippen LogP contribution in [0.2, 0.25) is 0 Å². The van der Waals surface area contributed by atoms with E-state index >= 15 is 0 Å². The molecule has 5 rings (SSSR count). The van der Waals surface area contributed by atoms with E-state index < -0.39 is 5.82 Å². The third-order valence-electron chi connectivity index (χ3n) is 6.28. The highest BCUT2D eigenvalue weighted by atomic mass is 19.1. The van der Waals surface area contributed by atoms with Crippen molar-refractivity contribution in [3.63, 3.8) is 0 Å². The quantitative estimate of drug-likeness (QED) is 0.521. The monoisotopic (exact) mass is 405 g/mol. The van der Waals surface area contributed by atoms with Gasteiger partial charge in [0, 0.05) is 17.6 Å². The zero-order valence-corrected chi connectivity index (χ0v) is 16.9. The maximum Gasteiger partial charge on any atom is 0.225 e. The summed E-state index contributed by atoms with van der Waals surface area (Å²) in [7, 11) is 1.64. The molecular weight excluding hydrogens is 381 g/mol. The number of fused-ring (bicyclic) bond motifs is 2. The average Bonchev–Trinajstić information content (AvgIpc) is 3.39. The van der Waals surface area contributed by atoms with Crippen LogP contribution >= 0.6 is 0 Å². The van der Waals surface area contributed by atoms with Gasteiger partial charge in [-0.15, -0.1) is 0 Å². The van der Waals surface area contributed by atoms with E-state index in [2.05, 4.69) is 31.8 Å². The Kier molecular flexibility index (Phi) is 4.73. The summed E-state index contributed by atoms with van der Waals surface area (Å²) >= 11 is 0. The van der Waals surface area contributed by atoms with Crippen molar-refractivity contribution in [3.05, 3.63) is 54.2 Å². The lowest BCUT2D eigenvalue weighted by Crippen LogP contribution is -2.06. The van der Waals surface area contributed by atoms with Crippen molar-refractivity contribution in [1.82, 2.24) is 19.5 Å². The van der Waals surface area contributed by atoms with Crippen molar-refractivity contribution in [2.75, 3.05) is 12.8 Å². The number of hydrogen-bond donors (Lipinski definition) is 1. The number of nitrogens with zero attached hydrogens (tertiary/aromatic N) is 4. The number of anilines is 1. The molecule has 4 aromatic rings. The molecule has 2 unspecified atom stereocenters. The Labute approximate surface area is 173 Å². The molecule has 0 amide bonds. The van der Waals surface area contributed by atoms with Crippen LogP contribution in [0.4, 0.5) is 10.2 Å². The molecule has 154 valence electrons. The minimum absolute atomic E-state index is 0.0438. The molecule has 3 heterocycles. The molecule has 1 saturated carbocycles. The Morgan fingerprint density at radius 1 is 1.20 bits per heavy atom. The average molecular weight is 405 g/mol. The van der Waals surface area contributed by atoms with Crippen LogP contribution in [0.3, 0.4) is 0 Å². The van der Waals surface area contributed by atoms with Gasteiger partial charge < -0.3 is 15.0 Å². The predicted octanol–water partition coefficient (Wildman–Crippen LogP) is 4.68. The van der Waals surface area contributed by atoms with Gasteiger partial charge in [-0.2, -0.15) is 0 Å². The number of benzene rings is 1.